The third-order valence-corrected chi connectivity index (χ3v) is 4.58. The van der Waals surface area contributed by atoms with E-state index in [0.717, 1.165) is 10.8 Å². The number of hydrogen-bond acceptors (Lipinski definition) is 7. The van der Waals surface area contributed by atoms with E-state index in [1.807, 2.05) is 4.98 Å². The maximum Gasteiger partial charge on any atom is 0.353 e. The number of aryl methyl sites for hydroxylation is 1. The number of nitrogens with one attached hydrogen (secondary N) is 1. The highest BCUT2D eigenvalue weighted by Gasteiger charge is 2.46. The van der Waals surface area contributed by atoms with Gasteiger partial charge in [-0.15, -0.1) is 0 Å². The summed E-state index contributed by atoms with van der Waals surface area (Å²) in [5, 5.41) is 29.3. The van der Waals surface area contributed by atoms with Crippen LogP contribution in [0.5, 0.6) is 0 Å². The SMILES string of the molecule is Cc1cn([C@@H]2O[C@H](CC(O)P(=O)(O)O)[C@@H](O)[C@H]2O)c(=O)[nH]c1=O. The largest absolute Gasteiger partial charge is 0.388 e. The zero-order valence-electron chi connectivity index (χ0n) is 11.9. The van der Waals surface area contributed by atoms with Gasteiger partial charge in [-0.05, 0) is 6.92 Å². The highest BCUT2D eigenvalue weighted by molar-refractivity contribution is 7.52. The smallest absolute Gasteiger partial charge is 0.353 e. The van der Waals surface area contributed by atoms with Gasteiger partial charge in [0, 0.05) is 18.2 Å². The van der Waals surface area contributed by atoms with Gasteiger partial charge in [0.1, 0.15) is 12.2 Å². The monoisotopic (exact) mass is 352 g/mol. The Bertz CT molecular complexity index is 738. The molecule has 1 aromatic rings. The molecule has 1 fully saturated rings. The molecule has 2 rings (SSSR count). The Kier molecular flexibility index (Phi) is 4.92. The lowest BCUT2D eigenvalue weighted by Crippen LogP contribution is -2.38. The Balaban J connectivity index is 2.27. The lowest BCUT2D eigenvalue weighted by molar-refractivity contribution is -0.0487. The molecule has 1 aliphatic rings. The highest BCUT2D eigenvalue weighted by atomic mass is 31.2. The summed E-state index contributed by atoms with van der Waals surface area (Å²) < 4.78 is 17.1. The maximum absolute atomic E-state index is 11.8. The normalized spacial score (nSPS) is 29.7. The van der Waals surface area contributed by atoms with Gasteiger partial charge >= 0.3 is 13.3 Å². The molecule has 11 nitrogen and oxygen atoms in total. The number of aliphatic hydroxyl groups is 3. The molecule has 23 heavy (non-hydrogen) atoms. The van der Waals surface area contributed by atoms with Crippen molar-refractivity contribution < 1.29 is 34.4 Å². The highest BCUT2D eigenvalue weighted by Crippen LogP contribution is 2.43. The van der Waals surface area contributed by atoms with Crippen molar-refractivity contribution in [3.63, 3.8) is 0 Å². The number of hydrogen-bond donors (Lipinski definition) is 6. The minimum Gasteiger partial charge on any atom is -0.388 e. The fourth-order valence-electron chi connectivity index (χ4n) is 2.27. The van der Waals surface area contributed by atoms with Gasteiger partial charge in [-0.25, -0.2) is 4.79 Å². The van der Waals surface area contributed by atoms with Crippen LogP contribution in [0.2, 0.25) is 0 Å². The van der Waals surface area contributed by atoms with E-state index in [0.29, 0.717) is 0 Å². The number of H-pyrrole nitrogens is 1. The molecule has 0 bridgehead atoms. The third-order valence-electron chi connectivity index (χ3n) is 3.59. The van der Waals surface area contributed by atoms with Crippen LogP contribution in [0.1, 0.15) is 18.2 Å². The van der Waals surface area contributed by atoms with Crippen LogP contribution < -0.4 is 11.2 Å². The molecule has 2 heterocycles. The topological polar surface area (TPSA) is 182 Å². The first-order valence-electron chi connectivity index (χ1n) is 6.59. The first-order valence-corrected chi connectivity index (χ1v) is 8.27. The molecule has 5 atom stereocenters. The fourth-order valence-corrected chi connectivity index (χ4v) is 2.76. The summed E-state index contributed by atoms with van der Waals surface area (Å²) >= 11 is 0. The van der Waals surface area contributed by atoms with E-state index in [-0.39, 0.29) is 5.56 Å². The molecule has 1 unspecified atom stereocenters. The summed E-state index contributed by atoms with van der Waals surface area (Å²) in [7, 11) is -4.80. The van der Waals surface area contributed by atoms with Crippen LogP contribution in [0.25, 0.3) is 0 Å². The van der Waals surface area contributed by atoms with Gasteiger partial charge in [0.25, 0.3) is 5.56 Å². The van der Waals surface area contributed by atoms with Gasteiger partial charge in [-0.2, -0.15) is 0 Å². The van der Waals surface area contributed by atoms with Crippen molar-refractivity contribution in [2.45, 2.75) is 43.7 Å². The molecule has 130 valence electrons. The van der Waals surface area contributed by atoms with Gasteiger partial charge in [0.2, 0.25) is 0 Å². The van der Waals surface area contributed by atoms with Gasteiger partial charge in [-0.1, -0.05) is 0 Å². The van der Waals surface area contributed by atoms with Crippen molar-refractivity contribution in [3.8, 4) is 0 Å². The summed E-state index contributed by atoms with van der Waals surface area (Å²) in [6, 6.07) is 0. The number of aliphatic hydroxyl groups excluding tert-OH is 3. The van der Waals surface area contributed by atoms with Gasteiger partial charge < -0.3 is 29.8 Å². The first kappa shape index (κ1) is 18.0. The minimum atomic E-state index is -4.80. The van der Waals surface area contributed by atoms with Crippen LogP contribution in [0, 0.1) is 6.92 Å². The Hall–Kier alpha value is -1.33. The molecular formula is C11H17N2O9P. The molecule has 0 amide bonds. The molecular weight excluding hydrogens is 335 g/mol. The van der Waals surface area contributed by atoms with Crippen molar-refractivity contribution in [2.24, 2.45) is 0 Å². The Morgan fingerprint density at radius 1 is 1.35 bits per heavy atom. The summed E-state index contributed by atoms with van der Waals surface area (Å²) in [5.41, 5.74) is -1.34. The van der Waals surface area contributed by atoms with E-state index < -0.39 is 55.7 Å². The number of aromatic nitrogens is 2. The third kappa shape index (κ3) is 3.61. The second-order valence-electron chi connectivity index (χ2n) is 5.33. The number of nitrogens with zero attached hydrogens (tertiary/aromatic N) is 1. The number of aromatic amines is 1. The summed E-state index contributed by atoms with van der Waals surface area (Å²) in [6.45, 7) is 1.42. The lowest BCUT2D eigenvalue weighted by Gasteiger charge is -2.19. The van der Waals surface area contributed by atoms with E-state index in [4.69, 9.17) is 14.5 Å². The molecule has 0 saturated carbocycles. The van der Waals surface area contributed by atoms with Gasteiger partial charge in [0.05, 0.1) is 6.10 Å². The van der Waals surface area contributed by atoms with Crippen LogP contribution in [-0.2, 0) is 9.30 Å². The quantitative estimate of drug-likeness (QED) is 0.315. The average molecular weight is 352 g/mol. The van der Waals surface area contributed by atoms with Gasteiger partial charge in [-0.3, -0.25) is 18.9 Å². The Labute approximate surface area is 129 Å². The molecule has 0 radical (unpaired) electrons. The van der Waals surface area contributed by atoms with E-state index in [2.05, 4.69) is 0 Å². The van der Waals surface area contributed by atoms with E-state index in [1.54, 1.807) is 0 Å². The molecule has 1 aliphatic heterocycles. The molecule has 0 spiro atoms. The second kappa shape index (κ2) is 6.29. The first-order chi connectivity index (χ1) is 10.5. The lowest BCUT2D eigenvalue weighted by atomic mass is 10.1. The molecule has 6 N–H and O–H groups in total. The van der Waals surface area contributed by atoms with Crippen molar-refractivity contribution in [1.82, 2.24) is 9.55 Å². The summed E-state index contributed by atoms with van der Waals surface area (Å²) in [4.78, 5) is 42.8. The Morgan fingerprint density at radius 2 is 1.96 bits per heavy atom. The van der Waals surface area contributed by atoms with E-state index in [9.17, 15) is 29.5 Å². The molecule has 12 heteroatoms. The van der Waals surface area contributed by atoms with E-state index in [1.165, 1.54) is 6.92 Å². The molecule has 0 aromatic carbocycles. The van der Waals surface area contributed by atoms with Crippen LogP contribution in [-0.4, -0.2) is 58.8 Å². The van der Waals surface area contributed by atoms with Crippen LogP contribution in [0.3, 0.4) is 0 Å². The van der Waals surface area contributed by atoms with Crippen LogP contribution >= 0.6 is 7.60 Å². The van der Waals surface area contributed by atoms with Crippen LogP contribution in [0.15, 0.2) is 15.8 Å². The fraction of sp³-hybridized carbons (Fsp3) is 0.636. The predicted molar refractivity (Wildman–Crippen MR) is 74.7 cm³/mol. The van der Waals surface area contributed by atoms with Gasteiger partial charge in [0.15, 0.2) is 12.1 Å². The van der Waals surface area contributed by atoms with Crippen LogP contribution in [0.4, 0.5) is 0 Å². The average Bonchev–Trinajstić information content (AvgIpc) is 2.70. The number of rotatable bonds is 4. The summed E-state index contributed by atoms with van der Waals surface area (Å²) in [6.07, 6.45) is -5.37. The van der Waals surface area contributed by atoms with Crippen molar-refractivity contribution in [3.05, 3.63) is 32.6 Å². The molecule has 1 saturated heterocycles. The maximum atomic E-state index is 11.8. The van der Waals surface area contributed by atoms with Crippen molar-refractivity contribution >= 4 is 7.60 Å². The van der Waals surface area contributed by atoms with Crippen molar-refractivity contribution in [2.75, 3.05) is 0 Å². The predicted octanol–water partition coefficient (Wildman–Crippen LogP) is -2.65. The second-order valence-corrected chi connectivity index (χ2v) is 7.10. The summed E-state index contributed by atoms with van der Waals surface area (Å²) in [5.74, 6) is -2.08. The van der Waals surface area contributed by atoms with E-state index >= 15 is 0 Å². The zero-order valence-corrected chi connectivity index (χ0v) is 12.8. The molecule has 0 aliphatic carbocycles. The zero-order chi connectivity index (χ0) is 17.5. The standard InChI is InChI=1S/C11H17N2O9P/c1-4-3-13(11(18)12-9(4)17)10-8(16)7(15)5(22-10)2-6(14)23(19,20)21/h3,5-8,10,14-16H,2H2,1H3,(H,12,17,18)(H2,19,20,21)/t5-,6?,7-,8-,10-/m1/s1. The minimum absolute atomic E-state index is 0.161. The number of ether oxygens (including phenoxy) is 1. The van der Waals surface area contributed by atoms with Crippen molar-refractivity contribution in [1.29, 1.82) is 0 Å². The Morgan fingerprint density at radius 3 is 2.52 bits per heavy atom. The molecule has 1 aromatic heterocycles.